The summed E-state index contributed by atoms with van der Waals surface area (Å²) in [5.41, 5.74) is 6.28. The Balaban J connectivity index is 3.02. The van der Waals surface area contributed by atoms with Gasteiger partial charge in [-0.25, -0.2) is 4.79 Å². The molecule has 0 aromatic rings. The smallest absolute Gasteiger partial charge is 0.404 e. The molecular weight excluding hydrogens is 482 g/mol. The molecular formula is C31H53NO6. The van der Waals surface area contributed by atoms with E-state index in [1.54, 1.807) is 6.92 Å². The molecule has 0 spiro atoms. The minimum atomic E-state index is -0.907. The number of rotatable bonds is 7. The molecule has 0 bridgehead atoms. The van der Waals surface area contributed by atoms with Crippen molar-refractivity contribution in [3.8, 4) is 0 Å². The highest BCUT2D eigenvalue weighted by molar-refractivity contribution is 5.73. The molecule has 0 saturated carbocycles. The standard InChI is InChI=1S/C31H53NO6/c1-6-7-8-9-11-14-22(2)19-26-20-23(3)15-12-10-13-16-27(33)29(38-31(32)36)18-17-24(4)21-28(34)25(5)30(35)37-26/h10-12,14,19,23-29,33-34H,6-9,13,15-18,20-21H2,1-5H3,(H2,32,36)/b12-10+,14-11+,22-19+/t23-,24+,25-,26?,27+,28-,29?/m1/s1. The third-order valence-electron chi connectivity index (χ3n) is 7.27. The number of hydrogen-bond donors (Lipinski definition) is 3. The highest BCUT2D eigenvalue weighted by Gasteiger charge is 2.29. The van der Waals surface area contributed by atoms with Gasteiger partial charge in [0.05, 0.1) is 18.1 Å². The monoisotopic (exact) mass is 535 g/mol. The largest absolute Gasteiger partial charge is 0.458 e. The number of esters is 1. The van der Waals surface area contributed by atoms with Crippen LogP contribution in [0.15, 0.2) is 36.0 Å². The van der Waals surface area contributed by atoms with E-state index in [0.717, 1.165) is 18.4 Å². The van der Waals surface area contributed by atoms with Crippen LogP contribution in [0.2, 0.25) is 0 Å². The van der Waals surface area contributed by atoms with Gasteiger partial charge in [0.1, 0.15) is 12.2 Å². The Hall–Kier alpha value is -2.12. The number of primary amides is 1. The molecule has 7 atom stereocenters. The van der Waals surface area contributed by atoms with Crippen molar-refractivity contribution in [3.63, 3.8) is 0 Å². The van der Waals surface area contributed by atoms with E-state index in [4.69, 9.17) is 15.2 Å². The number of hydrogen-bond acceptors (Lipinski definition) is 6. The average molecular weight is 536 g/mol. The second-order valence-corrected chi connectivity index (χ2v) is 11.2. The first-order valence-electron chi connectivity index (χ1n) is 14.6. The lowest BCUT2D eigenvalue weighted by Gasteiger charge is -2.26. The van der Waals surface area contributed by atoms with Gasteiger partial charge in [-0.3, -0.25) is 4.79 Å². The summed E-state index contributed by atoms with van der Waals surface area (Å²) < 4.78 is 11.1. The van der Waals surface area contributed by atoms with E-state index in [2.05, 4.69) is 32.1 Å². The molecule has 38 heavy (non-hydrogen) atoms. The zero-order valence-electron chi connectivity index (χ0n) is 24.3. The van der Waals surface area contributed by atoms with Crippen LogP contribution in [0.1, 0.15) is 105 Å². The van der Waals surface area contributed by atoms with Gasteiger partial charge >= 0.3 is 12.1 Å². The molecule has 2 unspecified atom stereocenters. The maximum Gasteiger partial charge on any atom is 0.404 e. The van der Waals surface area contributed by atoms with Crippen LogP contribution in [0, 0.1) is 17.8 Å². The van der Waals surface area contributed by atoms with Crippen LogP contribution >= 0.6 is 0 Å². The van der Waals surface area contributed by atoms with E-state index in [0.29, 0.717) is 38.5 Å². The first kappa shape index (κ1) is 33.9. The lowest BCUT2D eigenvalue weighted by atomic mass is 9.90. The minimum absolute atomic E-state index is 0.0426. The zero-order chi connectivity index (χ0) is 28.5. The van der Waals surface area contributed by atoms with Crippen LogP contribution in [-0.2, 0) is 14.3 Å². The van der Waals surface area contributed by atoms with Gasteiger partial charge in [-0.15, -0.1) is 0 Å². The zero-order valence-corrected chi connectivity index (χ0v) is 24.3. The first-order chi connectivity index (χ1) is 18.0. The molecule has 0 radical (unpaired) electrons. The van der Waals surface area contributed by atoms with Crippen molar-refractivity contribution in [1.29, 1.82) is 0 Å². The molecule has 0 fully saturated rings. The van der Waals surface area contributed by atoms with Gasteiger partial charge in [-0.1, -0.05) is 63.5 Å². The summed E-state index contributed by atoms with van der Waals surface area (Å²) in [6.45, 7) is 10.0. The molecule has 218 valence electrons. The summed E-state index contributed by atoms with van der Waals surface area (Å²) >= 11 is 0. The molecule has 1 heterocycles. The number of carbonyl (C=O) groups is 2. The summed E-state index contributed by atoms with van der Waals surface area (Å²) in [6.07, 6.45) is 15.4. The van der Waals surface area contributed by atoms with Crippen LogP contribution in [0.3, 0.4) is 0 Å². The normalized spacial score (nSPS) is 32.2. The minimum Gasteiger partial charge on any atom is -0.458 e. The van der Waals surface area contributed by atoms with E-state index in [9.17, 15) is 19.8 Å². The van der Waals surface area contributed by atoms with Crippen molar-refractivity contribution >= 4 is 12.1 Å². The SMILES string of the molecule is CCCCC/C=C/C(C)=C/C1C[C@H](C)C/C=C/CC[C@H](O)C(OC(N)=O)CC[C@H](C)C[C@@H](O)[C@@H](C)C(=O)O1. The summed E-state index contributed by atoms with van der Waals surface area (Å²) in [6, 6.07) is 0. The highest BCUT2D eigenvalue weighted by atomic mass is 16.6. The Morgan fingerprint density at radius 1 is 1.08 bits per heavy atom. The number of aliphatic hydroxyl groups excluding tert-OH is 2. The summed E-state index contributed by atoms with van der Waals surface area (Å²) in [4.78, 5) is 24.4. The van der Waals surface area contributed by atoms with E-state index in [-0.39, 0.29) is 17.9 Å². The molecule has 1 amide bonds. The van der Waals surface area contributed by atoms with Crippen LogP contribution in [0.5, 0.6) is 0 Å². The molecule has 7 nitrogen and oxygen atoms in total. The summed E-state index contributed by atoms with van der Waals surface area (Å²) in [7, 11) is 0. The Kier molecular flexibility index (Phi) is 17.0. The van der Waals surface area contributed by atoms with E-state index in [1.807, 2.05) is 26.0 Å². The van der Waals surface area contributed by atoms with Crippen LogP contribution in [0.25, 0.3) is 0 Å². The van der Waals surface area contributed by atoms with Crippen LogP contribution in [0.4, 0.5) is 4.79 Å². The fourth-order valence-corrected chi connectivity index (χ4v) is 4.75. The fourth-order valence-electron chi connectivity index (χ4n) is 4.75. The van der Waals surface area contributed by atoms with Crippen molar-refractivity contribution in [2.75, 3.05) is 0 Å². The number of allylic oxidation sites excluding steroid dienone is 5. The molecule has 1 aliphatic heterocycles. The number of ether oxygens (including phenoxy) is 2. The summed E-state index contributed by atoms with van der Waals surface area (Å²) in [5, 5.41) is 21.4. The van der Waals surface area contributed by atoms with Crippen molar-refractivity contribution in [1.82, 2.24) is 0 Å². The molecule has 1 aliphatic rings. The second-order valence-electron chi connectivity index (χ2n) is 11.2. The fraction of sp³-hybridized carbons (Fsp3) is 0.742. The maximum absolute atomic E-state index is 13.0. The van der Waals surface area contributed by atoms with E-state index < -0.39 is 36.3 Å². The van der Waals surface area contributed by atoms with Gasteiger partial charge in [0.15, 0.2) is 0 Å². The Morgan fingerprint density at radius 3 is 2.50 bits per heavy atom. The topological polar surface area (TPSA) is 119 Å². The predicted molar refractivity (Wildman–Crippen MR) is 152 cm³/mol. The third kappa shape index (κ3) is 14.7. The maximum atomic E-state index is 13.0. The van der Waals surface area contributed by atoms with Gasteiger partial charge < -0.3 is 25.4 Å². The van der Waals surface area contributed by atoms with Gasteiger partial charge in [0.2, 0.25) is 0 Å². The molecule has 1 rings (SSSR count). The Labute approximate surface area is 230 Å². The van der Waals surface area contributed by atoms with Crippen molar-refractivity contribution < 1.29 is 29.3 Å². The van der Waals surface area contributed by atoms with Gasteiger partial charge in [0.25, 0.3) is 0 Å². The van der Waals surface area contributed by atoms with Crippen molar-refractivity contribution in [2.45, 2.75) is 130 Å². The lowest BCUT2D eigenvalue weighted by molar-refractivity contribution is -0.156. The highest BCUT2D eigenvalue weighted by Crippen LogP contribution is 2.24. The number of aliphatic hydroxyl groups is 2. The van der Waals surface area contributed by atoms with Gasteiger partial charge in [0, 0.05) is 0 Å². The molecule has 7 heteroatoms. The van der Waals surface area contributed by atoms with Crippen molar-refractivity contribution in [3.05, 3.63) is 36.0 Å². The Morgan fingerprint density at radius 2 is 1.82 bits per heavy atom. The van der Waals surface area contributed by atoms with Crippen LogP contribution < -0.4 is 5.73 Å². The lowest BCUT2D eigenvalue weighted by Crippen LogP contribution is -2.34. The second kappa shape index (κ2) is 19.0. The first-order valence-corrected chi connectivity index (χ1v) is 14.6. The van der Waals surface area contributed by atoms with Gasteiger partial charge in [-0.05, 0) is 89.5 Å². The summed E-state index contributed by atoms with van der Waals surface area (Å²) in [5.74, 6) is -0.770. The van der Waals surface area contributed by atoms with Gasteiger partial charge in [-0.2, -0.15) is 0 Å². The molecule has 4 N–H and O–H groups in total. The quantitative estimate of drug-likeness (QED) is 0.151. The van der Waals surface area contributed by atoms with Crippen LogP contribution in [-0.4, -0.2) is 46.7 Å². The number of unbranched alkanes of at least 4 members (excludes halogenated alkanes) is 3. The van der Waals surface area contributed by atoms with E-state index in [1.165, 1.54) is 19.3 Å². The average Bonchev–Trinajstić information content (AvgIpc) is 2.84. The number of cyclic esters (lactones) is 1. The molecule has 0 aromatic heterocycles. The number of amides is 1. The molecule has 0 aliphatic carbocycles. The number of carbonyl (C=O) groups excluding carboxylic acids is 2. The Bertz CT molecular complexity index is 776. The van der Waals surface area contributed by atoms with E-state index >= 15 is 0 Å². The van der Waals surface area contributed by atoms with Crippen molar-refractivity contribution in [2.24, 2.45) is 23.5 Å². The number of nitrogens with two attached hydrogens (primary N) is 1. The predicted octanol–water partition coefficient (Wildman–Crippen LogP) is 6.38. The third-order valence-corrected chi connectivity index (χ3v) is 7.27. The molecule has 0 aromatic carbocycles. The molecule has 0 saturated heterocycles.